The number of hydrogen-bond donors (Lipinski definition) is 1. The van der Waals surface area contributed by atoms with Gasteiger partial charge in [0, 0.05) is 16.6 Å². The van der Waals surface area contributed by atoms with Crippen LogP contribution in [0.1, 0.15) is 31.4 Å². The molecule has 1 aromatic rings. The van der Waals surface area contributed by atoms with E-state index < -0.39 is 0 Å². The molecule has 0 fully saturated rings. The molecule has 3 heteroatoms. The predicted molar refractivity (Wildman–Crippen MR) is 67.3 cm³/mol. The number of halogens is 2. The summed E-state index contributed by atoms with van der Waals surface area (Å²) in [5.74, 6) is -0.256. The van der Waals surface area contributed by atoms with Crippen LogP contribution in [-0.4, -0.2) is 7.05 Å². The van der Waals surface area contributed by atoms with E-state index in [9.17, 15) is 4.39 Å². The van der Waals surface area contributed by atoms with E-state index in [1.165, 1.54) is 6.07 Å². The molecule has 0 amide bonds. The van der Waals surface area contributed by atoms with E-state index in [0.717, 1.165) is 18.4 Å². The first-order valence-electron chi connectivity index (χ1n) is 5.31. The molecule has 1 N–H and O–H groups in total. The Labute approximate surface area is 101 Å². The van der Waals surface area contributed by atoms with E-state index in [1.807, 2.05) is 14.0 Å². The van der Waals surface area contributed by atoms with Crippen molar-refractivity contribution in [3.63, 3.8) is 0 Å². The number of rotatable bonds is 5. The topological polar surface area (TPSA) is 12.0 Å². The lowest BCUT2D eigenvalue weighted by Gasteiger charge is -2.18. The molecule has 0 aromatic heterocycles. The summed E-state index contributed by atoms with van der Waals surface area (Å²) in [6, 6.07) is 4.70. The predicted octanol–water partition coefficient (Wildman–Crippen LogP) is 4.10. The van der Waals surface area contributed by atoms with Crippen LogP contribution < -0.4 is 5.32 Å². The van der Waals surface area contributed by atoms with Gasteiger partial charge in [0.1, 0.15) is 5.82 Å². The second-order valence-corrected chi connectivity index (χ2v) is 4.38. The zero-order chi connectivity index (χ0) is 12.1. The van der Waals surface area contributed by atoms with E-state index in [4.69, 9.17) is 11.6 Å². The van der Waals surface area contributed by atoms with Gasteiger partial charge >= 0.3 is 0 Å². The van der Waals surface area contributed by atoms with Crippen molar-refractivity contribution >= 4 is 11.6 Å². The number of nitrogens with one attached hydrogen (secondary N) is 1. The second-order valence-electron chi connectivity index (χ2n) is 3.97. The summed E-state index contributed by atoms with van der Waals surface area (Å²) in [7, 11) is 1.81. The quantitative estimate of drug-likeness (QED) is 0.766. The van der Waals surface area contributed by atoms with Crippen molar-refractivity contribution in [1.29, 1.82) is 0 Å². The molecular weight excluding hydrogens is 225 g/mol. The standard InChI is InChI=1S/C13H17ClFN/c1-9(2)7-8-12(16-3)13-10(14)5-4-6-11(13)15/h4-6,12,16H,1,7-8H2,2-3H3. The van der Waals surface area contributed by atoms with Crippen LogP contribution in [0.3, 0.4) is 0 Å². The second kappa shape index (κ2) is 6.02. The van der Waals surface area contributed by atoms with Crippen LogP contribution in [0.15, 0.2) is 30.4 Å². The van der Waals surface area contributed by atoms with Gasteiger partial charge in [-0.05, 0) is 38.9 Å². The highest BCUT2D eigenvalue weighted by atomic mass is 35.5. The molecule has 0 aliphatic rings. The van der Waals surface area contributed by atoms with E-state index in [1.54, 1.807) is 12.1 Å². The summed E-state index contributed by atoms with van der Waals surface area (Å²) in [4.78, 5) is 0. The van der Waals surface area contributed by atoms with Crippen LogP contribution >= 0.6 is 11.6 Å². The Morgan fingerprint density at radius 1 is 1.56 bits per heavy atom. The summed E-state index contributed by atoms with van der Waals surface area (Å²) in [5, 5.41) is 3.56. The SMILES string of the molecule is C=C(C)CCC(NC)c1c(F)cccc1Cl. The summed E-state index contributed by atoms with van der Waals surface area (Å²) < 4.78 is 13.7. The first kappa shape index (κ1) is 13.2. The number of allylic oxidation sites excluding steroid dienone is 1. The first-order valence-corrected chi connectivity index (χ1v) is 5.69. The van der Waals surface area contributed by atoms with Gasteiger partial charge in [0.15, 0.2) is 0 Å². The molecule has 0 spiro atoms. The molecule has 1 unspecified atom stereocenters. The van der Waals surface area contributed by atoms with Gasteiger partial charge < -0.3 is 5.32 Å². The number of benzene rings is 1. The Balaban J connectivity index is 2.90. The Bertz CT molecular complexity index is 356. The summed E-state index contributed by atoms with van der Waals surface area (Å²) in [5.41, 5.74) is 1.64. The van der Waals surface area contributed by atoms with Gasteiger partial charge in [-0.1, -0.05) is 23.2 Å². The van der Waals surface area contributed by atoms with Crippen molar-refractivity contribution in [1.82, 2.24) is 5.32 Å². The molecule has 0 aliphatic carbocycles. The fourth-order valence-electron chi connectivity index (χ4n) is 1.67. The van der Waals surface area contributed by atoms with Crippen molar-refractivity contribution < 1.29 is 4.39 Å². The van der Waals surface area contributed by atoms with Crippen LogP contribution in [-0.2, 0) is 0 Å². The van der Waals surface area contributed by atoms with Crippen molar-refractivity contribution in [2.75, 3.05) is 7.05 Å². The zero-order valence-corrected chi connectivity index (χ0v) is 10.4. The molecule has 0 saturated heterocycles. The van der Waals surface area contributed by atoms with Crippen LogP contribution in [0.5, 0.6) is 0 Å². The third-order valence-electron chi connectivity index (χ3n) is 2.56. The highest BCUT2D eigenvalue weighted by Crippen LogP contribution is 2.29. The monoisotopic (exact) mass is 241 g/mol. The average Bonchev–Trinajstić information content (AvgIpc) is 2.22. The largest absolute Gasteiger partial charge is 0.313 e. The summed E-state index contributed by atoms with van der Waals surface area (Å²) in [6.45, 7) is 5.81. The Morgan fingerprint density at radius 2 is 2.25 bits per heavy atom. The van der Waals surface area contributed by atoms with Gasteiger partial charge in [0.25, 0.3) is 0 Å². The van der Waals surface area contributed by atoms with Crippen molar-refractivity contribution in [3.05, 3.63) is 46.8 Å². The highest BCUT2D eigenvalue weighted by Gasteiger charge is 2.16. The van der Waals surface area contributed by atoms with Crippen LogP contribution in [0.4, 0.5) is 4.39 Å². The van der Waals surface area contributed by atoms with Crippen molar-refractivity contribution in [2.45, 2.75) is 25.8 Å². The third kappa shape index (κ3) is 3.32. The molecule has 1 rings (SSSR count). The smallest absolute Gasteiger partial charge is 0.129 e. The van der Waals surface area contributed by atoms with Gasteiger partial charge in [-0.15, -0.1) is 6.58 Å². The van der Waals surface area contributed by atoms with Crippen molar-refractivity contribution in [3.8, 4) is 0 Å². The lowest BCUT2D eigenvalue weighted by Crippen LogP contribution is -2.18. The van der Waals surface area contributed by atoms with Gasteiger partial charge in [-0.25, -0.2) is 4.39 Å². The summed E-state index contributed by atoms with van der Waals surface area (Å²) >= 11 is 6.02. The number of hydrogen-bond acceptors (Lipinski definition) is 1. The normalized spacial score (nSPS) is 12.5. The fraction of sp³-hybridized carbons (Fsp3) is 0.385. The minimum Gasteiger partial charge on any atom is -0.313 e. The van der Waals surface area contributed by atoms with Crippen molar-refractivity contribution in [2.24, 2.45) is 0 Å². The van der Waals surface area contributed by atoms with Gasteiger partial charge in [0.2, 0.25) is 0 Å². The van der Waals surface area contributed by atoms with E-state index in [2.05, 4.69) is 11.9 Å². The maximum Gasteiger partial charge on any atom is 0.129 e. The van der Waals surface area contributed by atoms with Gasteiger partial charge in [-0.3, -0.25) is 0 Å². The van der Waals surface area contributed by atoms with Crippen LogP contribution in [0, 0.1) is 5.82 Å². The molecule has 88 valence electrons. The van der Waals surface area contributed by atoms with E-state index in [-0.39, 0.29) is 11.9 Å². The molecular formula is C13H17ClFN. The maximum atomic E-state index is 13.7. The van der Waals surface area contributed by atoms with E-state index >= 15 is 0 Å². The Hall–Kier alpha value is -0.860. The minimum atomic E-state index is -0.256. The molecule has 0 bridgehead atoms. The van der Waals surface area contributed by atoms with Crippen LogP contribution in [0.25, 0.3) is 0 Å². The Morgan fingerprint density at radius 3 is 2.75 bits per heavy atom. The molecule has 1 atom stereocenters. The van der Waals surface area contributed by atoms with Gasteiger partial charge in [0.05, 0.1) is 0 Å². The molecule has 1 nitrogen and oxygen atoms in total. The van der Waals surface area contributed by atoms with Crippen LogP contribution in [0.2, 0.25) is 5.02 Å². The minimum absolute atomic E-state index is 0.0644. The molecule has 16 heavy (non-hydrogen) atoms. The third-order valence-corrected chi connectivity index (χ3v) is 2.89. The lowest BCUT2D eigenvalue weighted by atomic mass is 9.99. The average molecular weight is 242 g/mol. The molecule has 0 heterocycles. The molecule has 0 saturated carbocycles. The summed E-state index contributed by atoms with van der Waals surface area (Å²) in [6.07, 6.45) is 1.66. The lowest BCUT2D eigenvalue weighted by molar-refractivity contribution is 0.508. The maximum absolute atomic E-state index is 13.7. The molecule has 1 aromatic carbocycles. The molecule has 0 aliphatic heterocycles. The molecule has 0 radical (unpaired) electrons. The highest BCUT2D eigenvalue weighted by molar-refractivity contribution is 6.31. The fourth-order valence-corrected chi connectivity index (χ4v) is 1.96. The Kier molecular flexibility index (Phi) is 4.97. The van der Waals surface area contributed by atoms with Gasteiger partial charge in [-0.2, -0.15) is 0 Å². The zero-order valence-electron chi connectivity index (χ0n) is 9.69. The van der Waals surface area contributed by atoms with E-state index in [0.29, 0.717) is 10.6 Å². The first-order chi connectivity index (χ1) is 7.56.